The van der Waals surface area contributed by atoms with Crippen LogP contribution in [0.3, 0.4) is 0 Å². The highest BCUT2D eigenvalue weighted by molar-refractivity contribution is 4.84. The van der Waals surface area contributed by atoms with Gasteiger partial charge in [0.25, 0.3) is 0 Å². The van der Waals surface area contributed by atoms with Crippen LogP contribution in [0, 0.1) is 6.92 Å². The third-order valence-corrected chi connectivity index (χ3v) is 0.683. The van der Waals surface area contributed by atoms with Gasteiger partial charge in [-0.15, -0.1) is 0 Å². The number of alkyl halides is 3. The van der Waals surface area contributed by atoms with Crippen LogP contribution in [0.25, 0.3) is 0 Å². The Morgan fingerprint density at radius 2 is 1.78 bits per heavy atom. The van der Waals surface area contributed by atoms with Gasteiger partial charge in [-0.2, -0.15) is 13.2 Å². The Balaban J connectivity index is 3.38. The molecule has 9 heavy (non-hydrogen) atoms. The molecule has 0 aromatic heterocycles. The lowest BCUT2D eigenvalue weighted by Crippen LogP contribution is -2.03. The summed E-state index contributed by atoms with van der Waals surface area (Å²) in [5.74, 6) is 0. The van der Waals surface area contributed by atoms with Gasteiger partial charge in [0.05, 0.1) is 6.42 Å². The molecule has 0 rings (SSSR count). The van der Waals surface area contributed by atoms with E-state index >= 15 is 0 Å². The summed E-state index contributed by atoms with van der Waals surface area (Å²) in [6.07, 6.45) is -2.02. The summed E-state index contributed by atoms with van der Waals surface area (Å²) < 4.78 is 33.9. The van der Waals surface area contributed by atoms with Gasteiger partial charge in [-0.3, -0.25) is 0 Å². The van der Waals surface area contributed by atoms with E-state index in [1.165, 1.54) is 6.08 Å². The monoisotopic (exact) mass is 137 g/mol. The molecule has 0 aromatic carbocycles. The highest BCUT2D eigenvalue weighted by Gasteiger charge is 2.24. The topological polar surface area (TPSA) is 0 Å². The summed E-state index contributed by atoms with van der Waals surface area (Å²) in [7, 11) is 0. The molecule has 1 radical (unpaired) electrons. The maximum Gasteiger partial charge on any atom is 0.392 e. The molecule has 0 fully saturated rings. The fourth-order valence-electron chi connectivity index (χ4n) is 0.335. The van der Waals surface area contributed by atoms with Crippen molar-refractivity contribution in [3.8, 4) is 0 Å². The van der Waals surface area contributed by atoms with E-state index in [1.807, 2.05) is 0 Å². The van der Waals surface area contributed by atoms with Crippen molar-refractivity contribution in [2.45, 2.75) is 19.0 Å². The molecule has 0 aliphatic carbocycles. The Morgan fingerprint density at radius 1 is 1.22 bits per heavy atom. The third kappa shape index (κ3) is 7.53. The van der Waals surface area contributed by atoms with E-state index in [4.69, 9.17) is 0 Å². The van der Waals surface area contributed by atoms with Crippen molar-refractivity contribution < 1.29 is 13.2 Å². The molecule has 0 amide bonds. The molecule has 0 saturated heterocycles. The van der Waals surface area contributed by atoms with Gasteiger partial charge in [0.2, 0.25) is 0 Å². The zero-order valence-corrected chi connectivity index (χ0v) is 4.91. The van der Waals surface area contributed by atoms with Crippen molar-refractivity contribution in [1.82, 2.24) is 0 Å². The van der Waals surface area contributed by atoms with Gasteiger partial charge in [0, 0.05) is 0 Å². The molecule has 0 unspecified atom stereocenters. The summed E-state index contributed by atoms with van der Waals surface area (Å²) in [6.45, 7) is 3.35. The molecular weight excluding hydrogens is 129 g/mol. The first-order valence-electron chi connectivity index (χ1n) is 2.57. The van der Waals surface area contributed by atoms with Gasteiger partial charge < -0.3 is 0 Å². The number of allylic oxidation sites excluding steroid dienone is 2. The minimum atomic E-state index is -4.06. The molecule has 3 heteroatoms. The molecule has 0 atom stereocenters. The Labute approximate surface area is 52.4 Å². The number of hydrogen-bond donors (Lipinski definition) is 0. The summed E-state index contributed by atoms with van der Waals surface area (Å²) >= 11 is 0. The first kappa shape index (κ1) is 8.53. The van der Waals surface area contributed by atoms with E-state index in [2.05, 4.69) is 6.92 Å². The lowest BCUT2D eigenvalue weighted by molar-refractivity contribution is -0.125. The van der Waals surface area contributed by atoms with Crippen LogP contribution in [-0.2, 0) is 0 Å². The molecule has 0 spiro atoms. The first-order valence-corrected chi connectivity index (χ1v) is 2.57. The van der Waals surface area contributed by atoms with Crippen molar-refractivity contribution in [1.29, 1.82) is 0 Å². The van der Waals surface area contributed by atoms with E-state index in [9.17, 15) is 13.2 Å². The van der Waals surface area contributed by atoms with Gasteiger partial charge in [0.15, 0.2) is 0 Å². The average molecular weight is 137 g/mol. The van der Waals surface area contributed by atoms with Crippen LogP contribution in [0.15, 0.2) is 12.2 Å². The molecular formula is C6H8F3. The van der Waals surface area contributed by atoms with Gasteiger partial charge in [0.1, 0.15) is 0 Å². The van der Waals surface area contributed by atoms with E-state index < -0.39 is 12.6 Å². The SMILES string of the molecule is [CH2]CC=CCC(F)(F)F. The molecule has 0 saturated carbocycles. The van der Waals surface area contributed by atoms with Crippen LogP contribution in [0.1, 0.15) is 12.8 Å². The van der Waals surface area contributed by atoms with Gasteiger partial charge in [-0.1, -0.05) is 12.2 Å². The second-order valence-corrected chi connectivity index (χ2v) is 1.58. The minimum absolute atomic E-state index is 0.413. The van der Waals surface area contributed by atoms with E-state index in [-0.39, 0.29) is 0 Å². The Morgan fingerprint density at radius 3 is 2.11 bits per heavy atom. The molecule has 0 heterocycles. The standard InChI is InChI=1S/C6H8F3/c1-2-3-4-5-6(7,8)9/h3-4H,1-2,5H2. The predicted molar refractivity (Wildman–Crippen MR) is 29.8 cm³/mol. The molecule has 0 N–H and O–H groups in total. The van der Waals surface area contributed by atoms with Crippen molar-refractivity contribution in [2.75, 3.05) is 0 Å². The largest absolute Gasteiger partial charge is 0.392 e. The summed E-state index contributed by atoms with van der Waals surface area (Å²) in [6, 6.07) is 0. The van der Waals surface area contributed by atoms with Crippen LogP contribution in [-0.4, -0.2) is 6.18 Å². The van der Waals surface area contributed by atoms with Crippen molar-refractivity contribution in [3.05, 3.63) is 19.1 Å². The van der Waals surface area contributed by atoms with Gasteiger partial charge >= 0.3 is 6.18 Å². The molecule has 53 valence electrons. The lowest BCUT2D eigenvalue weighted by atomic mass is 10.3. The second-order valence-electron chi connectivity index (χ2n) is 1.58. The number of rotatable bonds is 2. The molecule has 0 nitrogen and oxygen atoms in total. The summed E-state index contributed by atoms with van der Waals surface area (Å²) in [5.41, 5.74) is 0. The summed E-state index contributed by atoms with van der Waals surface area (Å²) in [5, 5.41) is 0. The number of hydrogen-bond acceptors (Lipinski definition) is 0. The number of halogens is 3. The Kier molecular flexibility index (Phi) is 3.35. The maximum atomic E-state index is 11.3. The van der Waals surface area contributed by atoms with Crippen LogP contribution < -0.4 is 0 Å². The van der Waals surface area contributed by atoms with Gasteiger partial charge in [-0.05, 0) is 13.3 Å². The Bertz CT molecular complexity index is 91.0. The van der Waals surface area contributed by atoms with Crippen LogP contribution in [0.2, 0.25) is 0 Å². The van der Waals surface area contributed by atoms with Crippen LogP contribution in [0.4, 0.5) is 13.2 Å². The van der Waals surface area contributed by atoms with Crippen LogP contribution >= 0.6 is 0 Å². The van der Waals surface area contributed by atoms with E-state index in [0.717, 1.165) is 6.08 Å². The van der Waals surface area contributed by atoms with Crippen molar-refractivity contribution >= 4 is 0 Å². The smallest absolute Gasteiger partial charge is 0.171 e. The van der Waals surface area contributed by atoms with Crippen molar-refractivity contribution in [3.63, 3.8) is 0 Å². The fourth-order valence-corrected chi connectivity index (χ4v) is 0.335. The first-order chi connectivity index (χ1) is 4.06. The minimum Gasteiger partial charge on any atom is -0.171 e. The highest BCUT2D eigenvalue weighted by atomic mass is 19.4. The lowest BCUT2D eigenvalue weighted by Gasteiger charge is -1.98. The quantitative estimate of drug-likeness (QED) is 0.513. The molecule has 0 aromatic rings. The molecule has 0 aliphatic heterocycles. The van der Waals surface area contributed by atoms with E-state index in [1.54, 1.807) is 0 Å². The van der Waals surface area contributed by atoms with E-state index in [0.29, 0.717) is 6.42 Å². The van der Waals surface area contributed by atoms with Gasteiger partial charge in [-0.25, -0.2) is 0 Å². The fraction of sp³-hybridized carbons (Fsp3) is 0.500. The van der Waals surface area contributed by atoms with Crippen LogP contribution in [0.5, 0.6) is 0 Å². The normalized spacial score (nSPS) is 12.9. The third-order valence-electron chi connectivity index (χ3n) is 0.683. The zero-order valence-electron chi connectivity index (χ0n) is 4.91. The highest BCUT2D eigenvalue weighted by Crippen LogP contribution is 2.19. The Hall–Kier alpha value is -0.470. The summed E-state index contributed by atoms with van der Waals surface area (Å²) in [4.78, 5) is 0. The van der Waals surface area contributed by atoms with Crippen molar-refractivity contribution in [2.24, 2.45) is 0 Å². The molecule has 0 bridgehead atoms. The molecule has 0 aliphatic rings. The predicted octanol–water partition coefficient (Wildman–Crippen LogP) is 2.72. The maximum absolute atomic E-state index is 11.3. The zero-order chi connectivity index (χ0) is 7.33. The second kappa shape index (κ2) is 3.54. The average Bonchev–Trinajstić information content (AvgIpc) is 1.63.